The van der Waals surface area contributed by atoms with Crippen LogP contribution in [-0.4, -0.2) is 28.9 Å². The number of amides is 2. The topological polar surface area (TPSA) is 119 Å². The van der Waals surface area contributed by atoms with Crippen molar-refractivity contribution >= 4 is 17.8 Å². The third kappa shape index (κ3) is 7.97. The molecule has 0 radical (unpaired) electrons. The minimum atomic E-state index is -1.14. The van der Waals surface area contributed by atoms with Crippen molar-refractivity contribution in [3.63, 3.8) is 0 Å². The van der Waals surface area contributed by atoms with E-state index in [1.165, 1.54) is 0 Å². The molecule has 0 aliphatic heterocycles. The van der Waals surface area contributed by atoms with E-state index in [1.54, 1.807) is 0 Å². The first kappa shape index (κ1) is 20.2. The summed E-state index contributed by atoms with van der Waals surface area (Å²) in [4.78, 5) is 34.8. The molecule has 134 valence electrons. The van der Waals surface area contributed by atoms with Gasteiger partial charge in [0.05, 0.1) is 12.1 Å². The van der Waals surface area contributed by atoms with Gasteiger partial charge in [-0.25, -0.2) is 4.79 Å². The maximum atomic E-state index is 11.9. The fraction of sp³-hybridized carbons (Fsp3) is 0.444. The third-order valence-corrected chi connectivity index (χ3v) is 3.67. The normalized spacial score (nSPS) is 12.5. The fourth-order valence-electron chi connectivity index (χ4n) is 2.27. The second kappa shape index (κ2) is 10.8. The molecule has 2 atom stereocenters. The first-order valence-electron chi connectivity index (χ1n) is 8.17. The standard InChI is InChI=1S/C18H23N3O4/c1-13(14-7-3-2-4-8-14)20-16(22)10-11-17(23)21-15(18(24)25)9-5-6-12-19/h2-4,7-8,13,15H,5-6,9-11H2,1H3,(H,20,22)(H,21,23)(H,24,25)/t13-,15+/m1/s1. The Morgan fingerprint density at radius 3 is 2.28 bits per heavy atom. The molecule has 0 aromatic heterocycles. The Morgan fingerprint density at radius 1 is 1.12 bits per heavy atom. The highest BCUT2D eigenvalue weighted by molar-refractivity contribution is 5.87. The average molecular weight is 345 g/mol. The Morgan fingerprint density at radius 2 is 1.72 bits per heavy atom. The molecule has 0 saturated carbocycles. The Kier molecular flexibility index (Phi) is 8.72. The molecule has 25 heavy (non-hydrogen) atoms. The summed E-state index contributed by atoms with van der Waals surface area (Å²) in [6, 6.07) is 10.2. The molecule has 0 saturated heterocycles. The lowest BCUT2D eigenvalue weighted by Crippen LogP contribution is -2.41. The minimum Gasteiger partial charge on any atom is -0.480 e. The smallest absolute Gasteiger partial charge is 0.326 e. The van der Waals surface area contributed by atoms with Crippen LogP contribution >= 0.6 is 0 Å². The van der Waals surface area contributed by atoms with E-state index in [0.717, 1.165) is 5.56 Å². The molecular weight excluding hydrogens is 322 g/mol. The molecule has 3 N–H and O–H groups in total. The summed E-state index contributed by atoms with van der Waals surface area (Å²) in [5.74, 6) is -1.91. The van der Waals surface area contributed by atoms with Gasteiger partial charge >= 0.3 is 5.97 Å². The molecule has 0 fully saturated rings. The zero-order valence-electron chi connectivity index (χ0n) is 14.2. The monoisotopic (exact) mass is 345 g/mol. The van der Waals surface area contributed by atoms with E-state index in [0.29, 0.717) is 6.42 Å². The number of hydrogen-bond acceptors (Lipinski definition) is 4. The van der Waals surface area contributed by atoms with Crippen molar-refractivity contribution in [1.29, 1.82) is 5.26 Å². The molecule has 1 aromatic rings. The van der Waals surface area contributed by atoms with E-state index in [1.807, 2.05) is 43.3 Å². The van der Waals surface area contributed by atoms with Crippen LogP contribution < -0.4 is 10.6 Å². The van der Waals surface area contributed by atoms with Gasteiger partial charge < -0.3 is 15.7 Å². The first-order valence-corrected chi connectivity index (χ1v) is 8.17. The molecule has 7 nitrogen and oxygen atoms in total. The van der Waals surface area contributed by atoms with Crippen molar-refractivity contribution in [2.24, 2.45) is 0 Å². The van der Waals surface area contributed by atoms with Gasteiger partial charge in [0.2, 0.25) is 11.8 Å². The second-order valence-corrected chi connectivity index (χ2v) is 5.71. The lowest BCUT2D eigenvalue weighted by atomic mass is 10.1. The zero-order chi connectivity index (χ0) is 18.7. The molecule has 1 aromatic carbocycles. The minimum absolute atomic E-state index is 0.0203. The average Bonchev–Trinajstić information content (AvgIpc) is 2.59. The quantitative estimate of drug-likeness (QED) is 0.560. The predicted octanol–water partition coefficient (Wildman–Crippen LogP) is 1.91. The molecule has 0 aliphatic rings. The number of aliphatic carboxylic acids is 1. The van der Waals surface area contributed by atoms with E-state index >= 15 is 0 Å². The van der Waals surface area contributed by atoms with Gasteiger partial charge in [-0.1, -0.05) is 30.3 Å². The largest absolute Gasteiger partial charge is 0.480 e. The van der Waals surface area contributed by atoms with Crippen molar-refractivity contribution in [3.8, 4) is 6.07 Å². The number of unbranched alkanes of at least 4 members (excludes halogenated alkanes) is 1. The van der Waals surface area contributed by atoms with Crippen molar-refractivity contribution in [2.45, 2.75) is 51.1 Å². The van der Waals surface area contributed by atoms with Crippen LogP contribution in [0.3, 0.4) is 0 Å². The second-order valence-electron chi connectivity index (χ2n) is 5.71. The Bertz CT molecular complexity index is 625. The van der Waals surface area contributed by atoms with Crippen molar-refractivity contribution in [2.75, 3.05) is 0 Å². The molecule has 0 spiro atoms. The van der Waals surface area contributed by atoms with Gasteiger partial charge in [0.25, 0.3) is 0 Å². The summed E-state index contributed by atoms with van der Waals surface area (Å²) in [5, 5.41) is 22.7. The first-order chi connectivity index (χ1) is 11.9. The number of carbonyl (C=O) groups excluding carboxylic acids is 2. The highest BCUT2D eigenvalue weighted by Gasteiger charge is 2.20. The molecular formula is C18H23N3O4. The Hall–Kier alpha value is -2.88. The van der Waals surface area contributed by atoms with Crippen LogP contribution in [0, 0.1) is 11.3 Å². The maximum Gasteiger partial charge on any atom is 0.326 e. The van der Waals surface area contributed by atoms with Gasteiger partial charge in [0.1, 0.15) is 6.04 Å². The number of benzene rings is 1. The van der Waals surface area contributed by atoms with E-state index < -0.39 is 17.9 Å². The molecule has 0 bridgehead atoms. The Balaban J connectivity index is 2.37. The number of carboxylic acids is 1. The zero-order valence-corrected chi connectivity index (χ0v) is 14.2. The van der Waals surface area contributed by atoms with Crippen molar-refractivity contribution < 1.29 is 19.5 Å². The van der Waals surface area contributed by atoms with Gasteiger partial charge in [-0.15, -0.1) is 0 Å². The summed E-state index contributed by atoms with van der Waals surface area (Å²) in [7, 11) is 0. The lowest BCUT2D eigenvalue weighted by molar-refractivity contribution is -0.142. The van der Waals surface area contributed by atoms with Crippen LogP contribution in [0.15, 0.2) is 30.3 Å². The number of nitrogens with zero attached hydrogens (tertiary/aromatic N) is 1. The van der Waals surface area contributed by atoms with Gasteiger partial charge in [-0.2, -0.15) is 5.26 Å². The highest BCUT2D eigenvalue weighted by atomic mass is 16.4. The molecule has 0 unspecified atom stereocenters. The van der Waals surface area contributed by atoms with Gasteiger partial charge in [0.15, 0.2) is 0 Å². The SMILES string of the molecule is C[C@@H](NC(=O)CCC(=O)N[C@@H](CCCC#N)C(=O)O)c1ccccc1. The third-order valence-electron chi connectivity index (χ3n) is 3.67. The van der Waals surface area contributed by atoms with Crippen LogP contribution in [0.5, 0.6) is 0 Å². The van der Waals surface area contributed by atoms with E-state index in [9.17, 15) is 14.4 Å². The lowest BCUT2D eigenvalue weighted by Gasteiger charge is -2.15. The van der Waals surface area contributed by atoms with Crippen LogP contribution in [0.2, 0.25) is 0 Å². The van der Waals surface area contributed by atoms with E-state index in [-0.39, 0.29) is 37.6 Å². The number of nitrogens with one attached hydrogen (secondary N) is 2. The number of carboxylic acid groups (broad SMARTS) is 1. The Labute approximate surface area is 147 Å². The summed E-state index contributed by atoms with van der Waals surface area (Å²) < 4.78 is 0. The van der Waals surface area contributed by atoms with Gasteiger partial charge in [0, 0.05) is 19.3 Å². The van der Waals surface area contributed by atoms with Crippen molar-refractivity contribution in [3.05, 3.63) is 35.9 Å². The van der Waals surface area contributed by atoms with E-state index in [2.05, 4.69) is 10.6 Å². The van der Waals surface area contributed by atoms with Crippen molar-refractivity contribution in [1.82, 2.24) is 10.6 Å². The summed E-state index contributed by atoms with van der Waals surface area (Å²) in [5.41, 5.74) is 0.962. The number of rotatable bonds is 10. The molecule has 2 amide bonds. The fourth-order valence-corrected chi connectivity index (χ4v) is 2.27. The van der Waals surface area contributed by atoms with Gasteiger partial charge in [-0.05, 0) is 25.3 Å². The molecule has 7 heteroatoms. The van der Waals surface area contributed by atoms with Crippen LogP contribution in [0.4, 0.5) is 0 Å². The number of hydrogen-bond donors (Lipinski definition) is 3. The van der Waals surface area contributed by atoms with Crippen LogP contribution in [0.25, 0.3) is 0 Å². The highest BCUT2D eigenvalue weighted by Crippen LogP contribution is 2.11. The van der Waals surface area contributed by atoms with Gasteiger partial charge in [-0.3, -0.25) is 9.59 Å². The summed E-state index contributed by atoms with van der Waals surface area (Å²) in [6.07, 6.45) is 0.705. The summed E-state index contributed by atoms with van der Waals surface area (Å²) in [6.45, 7) is 1.85. The molecule has 0 heterocycles. The summed E-state index contributed by atoms with van der Waals surface area (Å²) >= 11 is 0. The van der Waals surface area contributed by atoms with E-state index in [4.69, 9.17) is 10.4 Å². The molecule has 0 aliphatic carbocycles. The number of nitriles is 1. The van der Waals surface area contributed by atoms with Crippen LogP contribution in [0.1, 0.15) is 50.6 Å². The number of carbonyl (C=O) groups is 3. The maximum absolute atomic E-state index is 11.9. The van der Waals surface area contributed by atoms with Crippen LogP contribution in [-0.2, 0) is 14.4 Å². The molecule has 1 rings (SSSR count). The predicted molar refractivity (Wildman–Crippen MR) is 91.3 cm³/mol.